The van der Waals surface area contributed by atoms with Crippen molar-refractivity contribution in [2.45, 2.75) is 25.9 Å². The molecule has 2 rings (SSSR count). The molecule has 0 radical (unpaired) electrons. The summed E-state index contributed by atoms with van der Waals surface area (Å²) in [7, 11) is 0. The van der Waals surface area contributed by atoms with Crippen molar-refractivity contribution in [3.8, 4) is 5.75 Å². The summed E-state index contributed by atoms with van der Waals surface area (Å²) >= 11 is 0. The van der Waals surface area contributed by atoms with Crippen molar-refractivity contribution in [1.29, 1.82) is 0 Å². The molecule has 0 bridgehead atoms. The fourth-order valence-corrected chi connectivity index (χ4v) is 2.21. The zero-order chi connectivity index (χ0) is 14.6. The van der Waals surface area contributed by atoms with Crippen LogP contribution in [0.1, 0.15) is 20.3 Å². The summed E-state index contributed by atoms with van der Waals surface area (Å²) in [6.07, 6.45) is 0.375. The molecule has 1 fully saturated rings. The summed E-state index contributed by atoms with van der Waals surface area (Å²) in [5, 5.41) is 0. The van der Waals surface area contributed by atoms with E-state index >= 15 is 0 Å². The molecule has 1 aliphatic heterocycles. The molecule has 1 aliphatic rings. The molecule has 110 valence electrons. The van der Waals surface area contributed by atoms with Crippen LogP contribution in [-0.2, 0) is 9.53 Å². The fourth-order valence-electron chi connectivity index (χ4n) is 2.21. The van der Waals surface area contributed by atoms with Crippen molar-refractivity contribution >= 4 is 11.6 Å². The molecule has 1 amide bonds. The number of nitrogens with two attached hydrogens (primary N) is 1. The van der Waals surface area contributed by atoms with E-state index in [1.807, 2.05) is 18.7 Å². The summed E-state index contributed by atoms with van der Waals surface area (Å²) in [6.45, 7) is 6.25. The Morgan fingerprint density at radius 1 is 1.40 bits per heavy atom. The van der Waals surface area contributed by atoms with Crippen LogP contribution in [0.2, 0.25) is 0 Å². The van der Waals surface area contributed by atoms with Gasteiger partial charge in [0.2, 0.25) is 5.91 Å². The lowest BCUT2D eigenvalue weighted by Crippen LogP contribution is -2.50. The average molecular weight is 278 g/mol. The van der Waals surface area contributed by atoms with Gasteiger partial charge in [0, 0.05) is 18.8 Å². The van der Waals surface area contributed by atoms with Gasteiger partial charge in [-0.2, -0.15) is 0 Å². The molecule has 5 nitrogen and oxygen atoms in total. The number of hydrogen-bond donors (Lipinski definition) is 1. The van der Waals surface area contributed by atoms with Gasteiger partial charge in [0.05, 0.1) is 25.2 Å². The third-order valence-electron chi connectivity index (χ3n) is 3.24. The molecule has 0 aromatic heterocycles. The molecule has 20 heavy (non-hydrogen) atoms. The largest absolute Gasteiger partial charge is 0.493 e. The minimum absolute atomic E-state index is 0.108. The maximum absolute atomic E-state index is 12.1. The molecule has 0 saturated carbocycles. The number of amides is 1. The van der Waals surface area contributed by atoms with Gasteiger partial charge >= 0.3 is 0 Å². The summed E-state index contributed by atoms with van der Waals surface area (Å²) < 4.78 is 11.1. The van der Waals surface area contributed by atoms with Crippen LogP contribution in [0, 0.1) is 0 Å². The van der Waals surface area contributed by atoms with Crippen LogP contribution in [0.3, 0.4) is 0 Å². The second-order valence-electron chi connectivity index (χ2n) is 5.59. The summed E-state index contributed by atoms with van der Waals surface area (Å²) in [4.78, 5) is 13.9. The van der Waals surface area contributed by atoms with E-state index in [4.69, 9.17) is 15.2 Å². The first kappa shape index (κ1) is 14.7. The van der Waals surface area contributed by atoms with Gasteiger partial charge in [-0.05, 0) is 38.1 Å². The van der Waals surface area contributed by atoms with Gasteiger partial charge in [0.25, 0.3) is 0 Å². The van der Waals surface area contributed by atoms with Gasteiger partial charge in [-0.25, -0.2) is 0 Å². The number of morpholine rings is 1. The second-order valence-corrected chi connectivity index (χ2v) is 5.59. The predicted octanol–water partition coefficient (Wildman–Crippen LogP) is 1.68. The van der Waals surface area contributed by atoms with Crippen LogP contribution in [0.5, 0.6) is 5.75 Å². The fraction of sp³-hybridized carbons (Fsp3) is 0.533. The van der Waals surface area contributed by atoms with Crippen LogP contribution in [0.25, 0.3) is 0 Å². The Morgan fingerprint density at radius 2 is 2.10 bits per heavy atom. The van der Waals surface area contributed by atoms with Crippen molar-refractivity contribution in [3.05, 3.63) is 24.3 Å². The number of hydrogen-bond acceptors (Lipinski definition) is 4. The van der Waals surface area contributed by atoms with Crippen molar-refractivity contribution in [2.24, 2.45) is 0 Å². The van der Waals surface area contributed by atoms with E-state index < -0.39 is 0 Å². The highest BCUT2D eigenvalue weighted by molar-refractivity contribution is 5.76. The highest BCUT2D eigenvalue weighted by atomic mass is 16.5. The Labute approximate surface area is 119 Å². The Morgan fingerprint density at radius 3 is 2.75 bits per heavy atom. The molecule has 0 spiro atoms. The van der Waals surface area contributed by atoms with Gasteiger partial charge in [-0.1, -0.05) is 0 Å². The molecule has 0 unspecified atom stereocenters. The zero-order valence-corrected chi connectivity index (χ0v) is 12.1. The molecule has 1 saturated heterocycles. The monoisotopic (exact) mass is 278 g/mol. The quantitative estimate of drug-likeness (QED) is 0.851. The molecule has 1 heterocycles. The number of carbonyl (C=O) groups excluding carboxylic acids is 1. The maximum Gasteiger partial charge on any atom is 0.226 e. The molecular weight excluding hydrogens is 256 g/mol. The van der Waals surface area contributed by atoms with Gasteiger partial charge in [0.15, 0.2) is 0 Å². The second kappa shape index (κ2) is 6.13. The minimum Gasteiger partial charge on any atom is -0.493 e. The van der Waals surface area contributed by atoms with Crippen LogP contribution >= 0.6 is 0 Å². The van der Waals surface area contributed by atoms with Crippen molar-refractivity contribution < 1.29 is 14.3 Å². The summed E-state index contributed by atoms with van der Waals surface area (Å²) in [5.74, 6) is 0.839. The number of nitrogens with zero attached hydrogens (tertiary/aromatic N) is 1. The third-order valence-corrected chi connectivity index (χ3v) is 3.24. The van der Waals surface area contributed by atoms with E-state index in [-0.39, 0.29) is 11.5 Å². The van der Waals surface area contributed by atoms with Crippen molar-refractivity contribution in [3.63, 3.8) is 0 Å². The number of ether oxygens (including phenoxy) is 2. The first-order chi connectivity index (χ1) is 9.46. The SMILES string of the molecule is CC1(C)CN(C(=O)CCOc2ccc(N)cc2)CCO1. The van der Waals surface area contributed by atoms with Crippen LogP contribution in [-0.4, -0.2) is 42.7 Å². The topological polar surface area (TPSA) is 64.8 Å². The van der Waals surface area contributed by atoms with E-state index in [1.165, 1.54) is 0 Å². The Bertz CT molecular complexity index is 457. The minimum atomic E-state index is -0.258. The molecule has 0 atom stereocenters. The van der Waals surface area contributed by atoms with E-state index in [9.17, 15) is 4.79 Å². The molecule has 0 aliphatic carbocycles. The summed E-state index contributed by atoms with van der Waals surface area (Å²) in [6, 6.07) is 7.17. The summed E-state index contributed by atoms with van der Waals surface area (Å²) in [5.41, 5.74) is 6.04. The third kappa shape index (κ3) is 4.13. The number of carbonyl (C=O) groups is 1. The van der Waals surface area contributed by atoms with Gasteiger partial charge in [0.1, 0.15) is 5.75 Å². The van der Waals surface area contributed by atoms with Crippen molar-refractivity contribution in [2.75, 3.05) is 32.0 Å². The molecule has 2 N–H and O–H groups in total. The lowest BCUT2D eigenvalue weighted by atomic mass is 10.1. The first-order valence-electron chi connectivity index (χ1n) is 6.86. The standard InChI is InChI=1S/C15H22N2O3/c1-15(2)11-17(8-10-20-15)14(18)7-9-19-13-5-3-12(16)4-6-13/h3-6H,7-11,16H2,1-2H3. The molecule has 5 heteroatoms. The number of rotatable bonds is 4. The normalized spacial score (nSPS) is 17.8. The Balaban J connectivity index is 1.76. The lowest BCUT2D eigenvalue weighted by Gasteiger charge is -2.38. The van der Waals surface area contributed by atoms with E-state index in [0.29, 0.717) is 38.4 Å². The van der Waals surface area contributed by atoms with Crippen LogP contribution < -0.4 is 10.5 Å². The van der Waals surface area contributed by atoms with Gasteiger partial charge in [-0.3, -0.25) is 4.79 Å². The predicted molar refractivity (Wildman–Crippen MR) is 77.6 cm³/mol. The maximum atomic E-state index is 12.1. The van der Waals surface area contributed by atoms with Crippen molar-refractivity contribution in [1.82, 2.24) is 4.90 Å². The average Bonchev–Trinajstić information content (AvgIpc) is 2.40. The number of benzene rings is 1. The van der Waals surface area contributed by atoms with E-state index in [0.717, 1.165) is 5.75 Å². The smallest absolute Gasteiger partial charge is 0.226 e. The van der Waals surface area contributed by atoms with Gasteiger partial charge in [-0.15, -0.1) is 0 Å². The van der Waals surface area contributed by atoms with Crippen LogP contribution in [0.15, 0.2) is 24.3 Å². The Kier molecular flexibility index (Phi) is 4.49. The first-order valence-corrected chi connectivity index (χ1v) is 6.86. The molecular formula is C15H22N2O3. The number of anilines is 1. The zero-order valence-electron chi connectivity index (χ0n) is 12.1. The highest BCUT2D eigenvalue weighted by Crippen LogP contribution is 2.17. The Hall–Kier alpha value is -1.75. The lowest BCUT2D eigenvalue weighted by molar-refractivity contribution is -0.146. The van der Waals surface area contributed by atoms with E-state index in [1.54, 1.807) is 24.3 Å². The van der Waals surface area contributed by atoms with E-state index in [2.05, 4.69) is 0 Å². The molecule has 1 aromatic rings. The van der Waals surface area contributed by atoms with Crippen LogP contribution in [0.4, 0.5) is 5.69 Å². The van der Waals surface area contributed by atoms with Gasteiger partial charge < -0.3 is 20.1 Å². The molecule has 1 aromatic carbocycles. The highest BCUT2D eigenvalue weighted by Gasteiger charge is 2.29. The number of nitrogen functional groups attached to an aromatic ring is 1.